The molecule has 0 saturated carbocycles. The number of nitrogens with zero attached hydrogens (tertiary/aromatic N) is 1. The van der Waals surface area contributed by atoms with Gasteiger partial charge in [-0.05, 0) is 12.5 Å². The zero-order chi connectivity index (χ0) is 14.8. The van der Waals surface area contributed by atoms with Crippen molar-refractivity contribution in [3.05, 3.63) is 35.5 Å². The molecule has 1 aliphatic heterocycles. The number of carbonyl (C=O) groups is 3. The summed E-state index contributed by atoms with van der Waals surface area (Å²) in [5.41, 5.74) is 1.46. The van der Waals surface area contributed by atoms with Crippen LogP contribution in [-0.4, -0.2) is 22.2 Å². The van der Waals surface area contributed by atoms with E-state index in [2.05, 4.69) is 5.32 Å². The normalized spacial score (nSPS) is 24.7. The van der Waals surface area contributed by atoms with Crippen LogP contribution in [0.5, 0.6) is 0 Å². The fourth-order valence-electron chi connectivity index (χ4n) is 3.65. The Kier molecular flexibility index (Phi) is 2.24. The number of piperidine rings is 1. The van der Waals surface area contributed by atoms with E-state index in [9.17, 15) is 14.4 Å². The first-order valence-corrected chi connectivity index (χ1v) is 7.00. The van der Waals surface area contributed by atoms with Gasteiger partial charge in [0.1, 0.15) is 5.41 Å². The highest BCUT2D eigenvalue weighted by Gasteiger charge is 2.55. The fourth-order valence-corrected chi connectivity index (χ4v) is 3.65. The lowest BCUT2D eigenvalue weighted by atomic mass is 9.76. The SMILES string of the molecule is Cn1c2c(c3ccccc31)C(=O)C1(CCC(=O)NC1=O)C2. The molecule has 1 aromatic heterocycles. The molecular formula is C16H14N2O3. The van der Waals surface area contributed by atoms with E-state index in [0.717, 1.165) is 16.6 Å². The maximum atomic E-state index is 12.9. The highest BCUT2D eigenvalue weighted by Crippen LogP contribution is 2.45. The largest absolute Gasteiger partial charge is 0.347 e. The van der Waals surface area contributed by atoms with Crippen molar-refractivity contribution in [3.8, 4) is 0 Å². The molecule has 1 atom stereocenters. The number of aromatic nitrogens is 1. The summed E-state index contributed by atoms with van der Waals surface area (Å²) in [7, 11) is 1.92. The first-order valence-electron chi connectivity index (χ1n) is 7.00. The summed E-state index contributed by atoms with van der Waals surface area (Å²) >= 11 is 0. The van der Waals surface area contributed by atoms with E-state index in [1.807, 2.05) is 35.9 Å². The third-order valence-electron chi connectivity index (χ3n) is 4.83. The lowest BCUT2D eigenvalue weighted by molar-refractivity contribution is -0.139. The third-order valence-corrected chi connectivity index (χ3v) is 4.83. The number of hydrogen-bond donors (Lipinski definition) is 1. The van der Waals surface area contributed by atoms with Crippen molar-refractivity contribution in [2.45, 2.75) is 19.3 Å². The Bertz CT molecular complexity index is 833. The van der Waals surface area contributed by atoms with Crippen molar-refractivity contribution in [3.63, 3.8) is 0 Å². The zero-order valence-electron chi connectivity index (χ0n) is 11.6. The Morgan fingerprint density at radius 1 is 1.19 bits per heavy atom. The van der Waals surface area contributed by atoms with Crippen LogP contribution >= 0.6 is 0 Å². The van der Waals surface area contributed by atoms with E-state index < -0.39 is 11.3 Å². The van der Waals surface area contributed by atoms with E-state index in [0.29, 0.717) is 18.4 Å². The molecule has 1 N–H and O–H groups in total. The Morgan fingerprint density at radius 2 is 1.95 bits per heavy atom. The van der Waals surface area contributed by atoms with Crippen LogP contribution < -0.4 is 5.32 Å². The van der Waals surface area contributed by atoms with E-state index in [1.54, 1.807) is 0 Å². The lowest BCUT2D eigenvalue weighted by Gasteiger charge is -2.29. The molecular weight excluding hydrogens is 268 g/mol. The van der Waals surface area contributed by atoms with Gasteiger partial charge in [0.05, 0.1) is 0 Å². The van der Waals surface area contributed by atoms with Gasteiger partial charge in [0, 0.05) is 42.0 Å². The molecule has 2 aliphatic rings. The van der Waals surface area contributed by atoms with Crippen molar-refractivity contribution in [1.29, 1.82) is 0 Å². The van der Waals surface area contributed by atoms with Crippen molar-refractivity contribution < 1.29 is 14.4 Å². The van der Waals surface area contributed by atoms with Crippen LogP contribution in [0.4, 0.5) is 0 Å². The zero-order valence-corrected chi connectivity index (χ0v) is 11.6. The molecule has 0 radical (unpaired) electrons. The smallest absolute Gasteiger partial charge is 0.241 e. The minimum Gasteiger partial charge on any atom is -0.347 e. The van der Waals surface area contributed by atoms with Crippen LogP contribution in [0.2, 0.25) is 0 Å². The topological polar surface area (TPSA) is 68.2 Å². The third kappa shape index (κ3) is 1.38. The Morgan fingerprint density at radius 3 is 2.71 bits per heavy atom. The van der Waals surface area contributed by atoms with Gasteiger partial charge >= 0.3 is 0 Å². The van der Waals surface area contributed by atoms with Gasteiger partial charge in [-0.15, -0.1) is 0 Å². The molecule has 1 aromatic carbocycles. The van der Waals surface area contributed by atoms with Crippen molar-refractivity contribution >= 4 is 28.5 Å². The second kappa shape index (κ2) is 3.81. The van der Waals surface area contributed by atoms with Crippen LogP contribution in [0.25, 0.3) is 10.9 Å². The average molecular weight is 282 g/mol. The maximum Gasteiger partial charge on any atom is 0.241 e. The number of ketones is 1. The first-order chi connectivity index (χ1) is 10.0. The molecule has 1 aliphatic carbocycles. The van der Waals surface area contributed by atoms with Gasteiger partial charge in [-0.2, -0.15) is 0 Å². The van der Waals surface area contributed by atoms with Gasteiger partial charge in [0.15, 0.2) is 5.78 Å². The predicted octanol–water partition coefficient (Wildman–Crippen LogP) is 1.34. The summed E-state index contributed by atoms with van der Waals surface area (Å²) in [5.74, 6) is -0.873. The van der Waals surface area contributed by atoms with Gasteiger partial charge in [-0.3, -0.25) is 19.7 Å². The monoisotopic (exact) mass is 282 g/mol. The summed E-state index contributed by atoms with van der Waals surface area (Å²) < 4.78 is 1.99. The molecule has 1 fully saturated rings. The molecule has 1 spiro atoms. The number of para-hydroxylation sites is 1. The second-order valence-electron chi connectivity index (χ2n) is 5.86. The van der Waals surface area contributed by atoms with Crippen LogP contribution in [0, 0.1) is 5.41 Å². The minimum absolute atomic E-state index is 0.140. The summed E-state index contributed by atoms with van der Waals surface area (Å²) in [5, 5.41) is 3.22. The maximum absolute atomic E-state index is 12.9. The number of benzene rings is 1. The number of hydrogen-bond acceptors (Lipinski definition) is 3. The number of Topliss-reactive ketones (excluding diaryl/α,β-unsaturated/α-hetero) is 1. The molecule has 21 heavy (non-hydrogen) atoms. The average Bonchev–Trinajstić information content (AvgIpc) is 2.91. The molecule has 4 rings (SSSR count). The van der Waals surface area contributed by atoms with Crippen molar-refractivity contribution in [2.75, 3.05) is 0 Å². The second-order valence-corrected chi connectivity index (χ2v) is 5.86. The van der Waals surface area contributed by atoms with Crippen molar-refractivity contribution in [1.82, 2.24) is 9.88 Å². The molecule has 2 heterocycles. The van der Waals surface area contributed by atoms with Crippen molar-refractivity contribution in [2.24, 2.45) is 12.5 Å². The van der Waals surface area contributed by atoms with E-state index >= 15 is 0 Å². The predicted molar refractivity (Wildman–Crippen MR) is 75.8 cm³/mol. The van der Waals surface area contributed by atoms with E-state index in [4.69, 9.17) is 0 Å². The Hall–Kier alpha value is -2.43. The summed E-state index contributed by atoms with van der Waals surface area (Å²) in [4.78, 5) is 36.6. The number of nitrogens with one attached hydrogen (secondary N) is 1. The van der Waals surface area contributed by atoms with E-state index in [1.165, 1.54) is 0 Å². The molecule has 1 unspecified atom stereocenters. The fraction of sp³-hybridized carbons (Fsp3) is 0.312. The van der Waals surface area contributed by atoms with Crippen LogP contribution in [-0.2, 0) is 23.1 Å². The van der Waals surface area contributed by atoms with Gasteiger partial charge in [0.25, 0.3) is 0 Å². The van der Waals surface area contributed by atoms with Gasteiger partial charge in [-0.1, -0.05) is 18.2 Å². The van der Waals surface area contributed by atoms with Gasteiger partial charge in [-0.25, -0.2) is 0 Å². The highest BCUT2D eigenvalue weighted by molar-refractivity contribution is 6.25. The summed E-state index contributed by atoms with van der Waals surface area (Å²) in [6, 6.07) is 7.71. The Labute approximate surface area is 120 Å². The molecule has 5 heteroatoms. The molecule has 5 nitrogen and oxygen atoms in total. The molecule has 106 valence electrons. The molecule has 2 aromatic rings. The number of amides is 2. The van der Waals surface area contributed by atoms with Crippen LogP contribution in [0.15, 0.2) is 24.3 Å². The first kappa shape index (κ1) is 12.3. The number of fused-ring (bicyclic) bond motifs is 3. The molecule has 1 saturated heterocycles. The molecule has 0 bridgehead atoms. The highest BCUT2D eigenvalue weighted by atomic mass is 16.2. The standard InChI is InChI=1S/C16H14N2O3/c1-18-10-5-3-2-4-9(10)13-11(18)8-16(14(13)20)7-6-12(19)17-15(16)21/h2-5H,6-8H2,1H3,(H,17,19,21). The number of imide groups is 1. The van der Waals surface area contributed by atoms with Crippen LogP contribution in [0.1, 0.15) is 28.9 Å². The lowest BCUT2D eigenvalue weighted by Crippen LogP contribution is -2.52. The number of rotatable bonds is 0. The number of carbonyl (C=O) groups excluding carboxylic acids is 3. The minimum atomic E-state index is -1.08. The van der Waals surface area contributed by atoms with Gasteiger partial charge in [0.2, 0.25) is 11.8 Å². The van der Waals surface area contributed by atoms with E-state index in [-0.39, 0.29) is 18.1 Å². The van der Waals surface area contributed by atoms with Gasteiger partial charge < -0.3 is 4.57 Å². The molecule has 2 amide bonds. The summed E-state index contributed by atoms with van der Waals surface area (Å²) in [6.07, 6.45) is 0.911. The quantitative estimate of drug-likeness (QED) is 0.585. The Balaban J connectivity index is 1.92. The summed E-state index contributed by atoms with van der Waals surface area (Å²) in [6.45, 7) is 0. The van der Waals surface area contributed by atoms with Crippen LogP contribution in [0.3, 0.4) is 0 Å². The number of aryl methyl sites for hydroxylation is 1.